The van der Waals surface area contributed by atoms with Gasteiger partial charge in [-0.3, -0.25) is 4.90 Å². The van der Waals surface area contributed by atoms with Crippen molar-refractivity contribution in [2.75, 3.05) is 37.7 Å². The number of ether oxygens (including phenoxy) is 1. The number of aromatic hydroxyl groups is 1. The largest absolute Gasteiger partial charge is 0.508 e. The second kappa shape index (κ2) is 10.1. The predicted octanol–water partition coefficient (Wildman–Crippen LogP) is 5.83. The highest BCUT2D eigenvalue weighted by molar-refractivity contribution is 6.04. The Morgan fingerprint density at radius 2 is 1.91 bits per heavy atom. The van der Waals surface area contributed by atoms with Crippen LogP contribution in [0, 0.1) is 5.82 Å². The van der Waals surface area contributed by atoms with E-state index in [4.69, 9.17) is 9.72 Å². The molecule has 9 heteroatoms. The van der Waals surface area contributed by atoms with Gasteiger partial charge in [0, 0.05) is 49.1 Å². The van der Waals surface area contributed by atoms with Crippen LogP contribution in [-0.2, 0) is 0 Å². The van der Waals surface area contributed by atoms with E-state index in [1.54, 1.807) is 18.2 Å². The average molecular weight is 584 g/mol. The number of rotatable bonds is 6. The zero-order valence-electron chi connectivity index (χ0n) is 24.0. The second-order valence-corrected chi connectivity index (χ2v) is 12.7. The maximum atomic E-state index is 17.0. The van der Waals surface area contributed by atoms with Gasteiger partial charge in [-0.05, 0) is 72.3 Å². The molecule has 2 N–H and O–H groups in total. The van der Waals surface area contributed by atoms with Gasteiger partial charge in [-0.25, -0.2) is 8.78 Å². The van der Waals surface area contributed by atoms with Crippen LogP contribution >= 0.6 is 0 Å². The topological polar surface area (TPSA) is 73.8 Å². The van der Waals surface area contributed by atoms with Crippen molar-refractivity contribution < 1.29 is 18.6 Å². The summed E-state index contributed by atoms with van der Waals surface area (Å²) in [5.74, 6) is 0.179. The van der Waals surface area contributed by atoms with E-state index in [-0.39, 0.29) is 29.4 Å². The Bertz CT molecular complexity index is 1750. The molecule has 0 amide bonds. The summed E-state index contributed by atoms with van der Waals surface area (Å²) in [4.78, 5) is 14.0. The molecule has 7 nitrogen and oxygen atoms in total. The van der Waals surface area contributed by atoms with Gasteiger partial charge in [0.05, 0.1) is 5.54 Å². The van der Waals surface area contributed by atoms with E-state index in [0.29, 0.717) is 52.9 Å². The van der Waals surface area contributed by atoms with Gasteiger partial charge in [0.2, 0.25) is 0 Å². The molecule has 0 radical (unpaired) electrons. The minimum Gasteiger partial charge on any atom is -0.508 e. The monoisotopic (exact) mass is 583 g/mol. The molecule has 43 heavy (non-hydrogen) atoms. The summed E-state index contributed by atoms with van der Waals surface area (Å²) in [6.45, 7) is 7.08. The van der Waals surface area contributed by atoms with Gasteiger partial charge in [0.25, 0.3) is 0 Å². The van der Waals surface area contributed by atoms with E-state index >= 15 is 4.39 Å². The number of phenolic OH excluding ortho intramolecular Hbond substituents is 1. The number of anilines is 1. The van der Waals surface area contributed by atoms with Gasteiger partial charge in [-0.1, -0.05) is 36.9 Å². The van der Waals surface area contributed by atoms with E-state index in [1.165, 1.54) is 0 Å². The van der Waals surface area contributed by atoms with E-state index in [2.05, 4.69) is 26.7 Å². The lowest BCUT2D eigenvalue weighted by Crippen LogP contribution is -2.51. The normalized spacial score (nSPS) is 26.8. The molecular weight excluding hydrogens is 548 g/mol. The molecule has 5 heterocycles. The third kappa shape index (κ3) is 4.43. The van der Waals surface area contributed by atoms with E-state index in [0.717, 1.165) is 56.1 Å². The molecule has 2 bridgehead atoms. The number of hydrogen-bond donors (Lipinski definition) is 2. The summed E-state index contributed by atoms with van der Waals surface area (Å²) in [6.07, 6.45) is 5.26. The van der Waals surface area contributed by atoms with Crippen LogP contribution in [0.1, 0.15) is 37.7 Å². The summed E-state index contributed by atoms with van der Waals surface area (Å²) in [5.41, 5.74) is 1.27. The third-order valence-electron chi connectivity index (χ3n) is 10.0. The number of benzene rings is 3. The Hall–Kier alpha value is -3.82. The van der Waals surface area contributed by atoms with Crippen molar-refractivity contribution in [3.63, 3.8) is 0 Å². The molecule has 1 aromatic heterocycles. The van der Waals surface area contributed by atoms with Crippen molar-refractivity contribution in [2.45, 2.75) is 55.9 Å². The van der Waals surface area contributed by atoms with Gasteiger partial charge < -0.3 is 20.1 Å². The molecule has 0 unspecified atom stereocenters. The Kier molecular flexibility index (Phi) is 6.31. The number of fused-ring (bicyclic) bond motifs is 5. The Morgan fingerprint density at radius 3 is 2.72 bits per heavy atom. The van der Waals surface area contributed by atoms with Gasteiger partial charge in [-0.2, -0.15) is 9.97 Å². The predicted molar refractivity (Wildman–Crippen MR) is 165 cm³/mol. The van der Waals surface area contributed by atoms with Crippen molar-refractivity contribution in [1.29, 1.82) is 0 Å². The fraction of sp³-hybridized carbons (Fsp3) is 0.412. The van der Waals surface area contributed by atoms with E-state index < -0.39 is 12.0 Å². The van der Waals surface area contributed by atoms with Crippen LogP contribution in [0.25, 0.3) is 38.9 Å². The zero-order valence-corrected chi connectivity index (χ0v) is 24.0. The number of piperazine rings is 1. The van der Waals surface area contributed by atoms with Crippen molar-refractivity contribution in [2.24, 2.45) is 0 Å². The second-order valence-electron chi connectivity index (χ2n) is 12.7. The molecule has 4 fully saturated rings. The zero-order chi connectivity index (χ0) is 29.3. The molecule has 3 aromatic carbocycles. The molecule has 0 aliphatic carbocycles. The van der Waals surface area contributed by atoms with Crippen LogP contribution in [0.4, 0.5) is 14.6 Å². The minimum absolute atomic E-state index is 0.0509. The highest BCUT2D eigenvalue weighted by Gasteiger charge is 2.49. The number of nitrogens with zero attached hydrogens (tertiary/aromatic N) is 4. The summed E-state index contributed by atoms with van der Waals surface area (Å²) < 4.78 is 37.8. The number of nitrogens with one attached hydrogen (secondary N) is 1. The van der Waals surface area contributed by atoms with E-state index in [1.807, 2.05) is 30.3 Å². The molecule has 4 saturated heterocycles. The number of hydrogen-bond acceptors (Lipinski definition) is 7. The number of aromatic nitrogens is 2. The summed E-state index contributed by atoms with van der Waals surface area (Å²) >= 11 is 0. The van der Waals surface area contributed by atoms with Crippen molar-refractivity contribution in [1.82, 2.24) is 20.2 Å². The lowest BCUT2D eigenvalue weighted by molar-refractivity contribution is 0.107. The lowest BCUT2D eigenvalue weighted by Gasteiger charge is -2.35. The molecule has 4 atom stereocenters. The SMILES string of the molecule is C=Cc1cc2c(N3C[C@H]4CC[C@@H](C3)N4)nc(OC[C@@]34CCCN3C[C@H](F)C4)nc2c(F)c1-c1cc(O)cc2ccccc12. The molecule has 4 aromatic rings. The summed E-state index contributed by atoms with van der Waals surface area (Å²) in [7, 11) is 0. The molecule has 0 spiro atoms. The maximum absolute atomic E-state index is 17.0. The Balaban J connectivity index is 1.29. The third-order valence-corrected chi connectivity index (χ3v) is 10.0. The standard InChI is InChI=1S/C34H35F2N5O2/c1-2-20-13-28-31(30(36)29(20)27-14-25(42)12-21-6-3-4-7-26(21)27)38-33(39-32(28)40-17-23-8-9-24(18-40)37-23)43-19-34-10-5-11-41(34)16-22(35)15-34/h2-4,6-7,12-14,22-24,37,42H,1,5,8-11,15-19H2/t22-,23-,24+,34+/m1/s1. The average Bonchev–Trinajstić information content (AvgIpc) is 3.65. The maximum Gasteiger partial charge on any atom is 0.319 e. The van der Waals surface area contributed by atoms with Gasteiger partial charge >= 0.3 is 6.01 Å². The molecule has 4 aliphatic heterocycles. The first-order valence-electron chi connectivity index (χ1n) is 15.3. The number of alkyl halides is 1. The molecule has 4 aliphatic rings. The Labute approximate surface area is 249 Å². The van der Waals surface area contributed by atoms with Crippen LogP contribution in [0.5, 0.6) is 11.8 Å². The smallest absolute Gasteiger partial charge is 0.319 e. The highest BCUT2D eigenvalue weighted by Crippen LogP contribution is 2.43. The Morgan fingerprint density at radius 1 is 1.09 bits per heavy atom. The molecule has 222 valence electrons. The quantitative estimate of drug-likeness (QED) is 0.296. The first kappa shape index (κ1) is 26.8. The van der Waals surface area contributed by atoms with Crippen LogP contribution in [0.15, 0.2) is 49.0 Å². The molecular formula is C34H35F2N5O2. The van der Waals surface area contributed by atoms with Crippen molar-refractivity contribution >= 4 is 33.6 Å². The minimum atomic E-state index is -0.872. The fourth-order valence-corrected chi connectivity index (χ4v) is 8.07. The number of halogens is 2. The van der Waals surface area contributed by atoms with Crippen LogP contribution in [0.3, 0.4) is 0 Å². The van der Waals surface area contributed by atoms with Gasteiger partial charge in [0.1, 0.15) is 29.9 Å². The lowest BCUT2D eigenvalue weighted by atomic mass is 9.92. The van der Waals surface area contributed by atoms with Gasteiger partial charge in [-0.15, -0.1) is 0 Å². The van der Waals surface area contributed by atoms with Crippen LogP contribution < -0.4 is 15.0 Å². The van der Waals surface area contributed by atoms with E-state index in [9.17, 15) is 9.50 Å². The molecule has 0 saturated carbocycles. The van der Waals surface area contributed by atoms with Crippen LogP contribution in [-0.4, -0.2) is 76.6 Å². The summed E-state index contributed by atoms with van der Waals surface area (Å²) in [6, 6.07) is 13.6. The van der Waals surface area contributed by atoms with Crippen molar-refractivity contribution in [3.05, 3.63) is 60.4 Å². The first-order valence-corrected chi connectivity index (χ1v) is 15.3. The molecule has 8 rings (SSSR count). The highest BCUT2D eigenvalue weighted by atomic mass is 19.1. The van der Waals surface area contributed by atoms with Crippen LogP contribution in [0.2, 0.25) is 0 Å². The summed E-state index contributed by atoms with van der Waals surface area (Å²) in [5, 5.41) is 16.5. The first-order chi connectivity index (χ1) is 20.9. The van der Waals surface area contributed by atoms with Gasteiger partial charge in [0.15, 0.2) is 5.82 Å². The van der Waals surface area contributed by atoms with Crippen molar-refractivity contribution in [3.8, 4) is 22.9 Å². The number of phenols is 1. The fourth-order valence-electron chi connectivity index (χ4n) is 8.07.